The summed E-state index contributed by atoms with van der Waals surface area (Å²) in [6.07, 6.45) is 5.00. The van der Waals surface area contributed by atoms with Crippen LogP contribution >= 0.6 is 0 Å². The minimum atomic E-state index is -0.619. The zero-order chi connectivity index (χ0) is 13.4. The fourth-order valence-electron chi connectivity index (χ4n) is 2.01. The van der Waals surface area contributed by atoms with E-state index in [9.17, 15) is 9.59 Å². The van der Waals surface area contributed by atoms with Gasteiger partial charge in [-0.05, 0) is 30.7 Å². The molecule has 0 aliphatic carbocycles. The van der Waals surface area contributed by atoms with Crippen LogP contribution in [0.25, 0.3) is 11.8 Å². The molecule has 0 saturated carbocycles. The molecule has 0 radical (unpaired) electrons. The van der Waals surface area contributed by atoms with E-state index >= 15 is 0 Å². The molecule has 0 aromatic carbocycles. The Morgan fingerprint density at radius 2 is 2.21 bits per heavy atom. The van der Waals surface area contributed by atoms with E-state index in [0.29, 0.717) is 17.0 Å². The number of carbonyl (C=O) groups is 1. The van der Waals surface area contributed by atoms with Gasteiger partial charge in [0.25, 0.3) is 5.56 Å². The minimum Gasteiger partial charge on any atom is -0.422 e. The van der Waals surface area contributed by atoms with Crippen molar-refractivity contribution in [1.82, 2.24) is 9.97 Å². The summed E-state index contributed by atoms with van der Waals surface area (Å²) in [6, 6.07) is 5.35. The fourth-order valence-corrected chi connectivity index (χ4v) is 2.01. The molecule has 94 valence electrons. The van der Waals surface area contributed by atoms with Crippen LogP contribution < -0.4 is 5.56 Å². The Hall–Kier alpha value is -2.69. The molecular weight excluding hydrogens is 244 g/mol. The van der Waals surface area contributed by atoms with Crippen molar-refractivity contribution in [2.45, 2.75) is 6.92 Å². The van der Waals surface area contributed by atoms with E-state index in [1.54, 1.807) is 37.5 Å². The van der Waals surface area contributed by atoms with Crippen molar-refractivity contribution in [3.63, 3.8) is 0 Å². The highest BCUT2D eigenvalue weighted by Gasteiger charge is 2.29. The van der Waals surface area contributed by atoms with Gasteiger partial charge >= 0.3 is 5.97 Å². The lowest BCUT2D eigenvalue weighted by Crippen LogP contribution is -2.16. The third kappa shape index (κ3) is 1.95. The molecule has 19 heavy (non-hydrogen) atoms. The molecule has 1 N–H and O–H groups in total. The number of H-pyrrole nitrogens is 1. The molecule has 0 spiro atoms. The number of carbonyl (C=O) groups excluding carboxylic acids is 1. The van der Waals surface area contributed by atoms with E-state index in [1.807, 2.05) is 6.07 Å². The van der Waals surface area contributed by atoms with Gasteiger partial charge in [0.1, 0.15) is 11.3 Å². The van der Waals surface area contributed by atoms with E-state index in [0.717, 1.165) is 5.56 Å². The molecule has 0 amide bonds. The van der Waals surface area contributed by atoms with Crippen molar-refractivity contribution in [3.05, 3.63) is 63.3 Å². The summed E-state index contributed by atoms with van der Waals surface area (Å²) in [4.78, 5) is 30.0. The topological polar surface area (TPSA) is 72.0 Å². The van der Waals surface area contributed by atoms with Crippen LogP contribution in [0.15, 0.2) is 35.4 Å². The number of aromatic amines is 1. The summed E-state index contributed by atoms with van der Waals surface area (Å²) in [5.41, 5.74) is 1.64. The lowest BCUT2D eigenvalue weighted by atomic mass is 10.1. The molecule has 2 aromatic rings. The van der Waals surface area contributed by atoms with Crippen molar-refractivity contribution in [2.75, 3.05) is 0 Å². The summed E-state index contributed by atoms with van der Waals surface area (Å²) >= 11 is 0. The highest BCUT2D eigenvalue weighted by atomic mass is 16.5. The minimum absolute atomic E-state index is 0.0562. The average molecular weight is 254 g/mol. The van der Waals surface area contributed by atoms with Crippen LogP contribution in [-0.4, -0.2) is 15.9 Å². The second-order valence-electron chi connectivity index (χ2n) is 4.25. The number of hydrogen-bond donors (Lipinski definition) is 1. The quantitative estimate of drug-likeness (QED) is 0.787. The van der Waals surface area contributed by atoms with Gasteiger partial charge in [0.2, 0.25) is 0 Å². The van der Waals surface area contributed by atoms with E-state index in [1.165, 1.54) is 0 Å². The van der Waals surface area contributed by atoms with Crippen LogP contribution in [0.2, 0.25) is 0 Å². The third-order valence-electron chi connectivity index (χ3n) is 2.82. The number of aryl methyl sites for hydroxylation is 1. The number of aromatic nitrogens is 2. The van der Waals surface area contributed by atoms with Gasteiger partial charge in [0, 0.05) is 23.7 Å². The zero-order valence-corrected chi connectivity index (χ0v) is 10.1. The van der Waals surface area contributed by atoms with E-state index in [2.05, 4.69) is 9.97 Å². The van der Waals surface area contributed by atoms with Crippen molar-refractivity contribution in [1.29, 1.82) is 0 Å². The lowest BCUT2D eigenvalue weighted by Gasteiger charge is -1.99. The molecular formula is C14H10N2O3. The van der Waals surface area contributed by atoms with Gasteiger partial charge in [-0.3, -0.25) is 9.78 Å². The average Bonchev–Trinajstić information content (AvgIpc) is 2.67. The Kier molecular flexibility index (Phi) is 2.52. The van der Waals surface area contributed by atoms with Crippen molar-refractivity contribution >= 4 is 17.8 Å². The third-order valence-corrected chi connectivity index (χ3v) is 2.82. The Balaban J connectivity index is 2.18. The maximum Gasteiger partial charge on any atom is 0.349 e. The van der Waals surface area contributed by atoms with Gasteiger partial charge < -0.3 is 9.72 Å². The summed E-state index contributed by atoms with van der Waals surface area (Å²) in [7, 11) is 0. The lowest BCUT2D eigenvalue weighted by molar-refractivity contribution is 0.0715. The predicted octanol–water partition coefficient (Wildman–Crippen LogP) is 1.75. The van der Waals surface area contributed by atoms with Crippen LogP contribution in [0.3, 0.4) is 0 Å². The maximum atomic E-state index is 11.7. The first kappa shape index (κ1) is 11.4. The molecule has 2 aromatic heterocycles. The number of fused-ring (bicyclic) bond motifs is 1. The molecule has 3 heterocycles. The van der Waals surface area contributed by atoms with E-state index < -0.39 is 11.5 Å². The van der Waals surface area contributed by atoms with Crippen molar-refractivity contribution < 1.29 is 9.53 Å². The van der Waals surface area contributed by atoms with Crippen LogP contribution in [0.5, 0.6) is 0 Å². The van der Waals surface area contributed by atoms with Crippen LogP contribution in [-0.2, 0) is 4.74 Å². The standard InChI is InChI=1S/C14H10N2O3/c1-8-5-10-11(6-9-3-2-4-15-7-9)19-14(18)12(10)13(17)16-8/h2-7H,1H3,(H,16,17). The summed E-state index contributed by atoms with van der Waals surface area (Å²) < 4.78 is 5.15. The second kappa shape index (κ2) is 4.20. The van der Waals surface area contributed by atoms with Crippen LogP contribution in [0.4, 0.5) is 0 Å². The highest BCUT2D eigenvalue weighted by molar-refractivity contribution is 6.05. The van der Waals surface area contributed by atoms with E-state index in [-0.39, 0.29) is 5.56 Å². The molecule has 0 fully saturated rings. The molecule has 3 rings (SSSR count). The molecule has 5 heteroatoms. The number of pyridine rings is 2. The first-order valence-corrected chi connectivity index (χ1v) is 5.73. The zero-order valence-electron chi connectivity index (χ0n) is 10.1. The van der Waals surface area contributed by atoms with Crippen molar-refractivity contribution in [3.8, 4) is 0 Å². The smallest absolute Gasteiger partial charge is 0.349 e. The molecule has 0 atom stereocenters. The fraction of sp³-hybridized carbons (Fsp3) is 0.0714. The van der Waals surface area contributed by atoms with Crippen LogP contribution in [0, 0.1) is 6.92 Å². The van der Waals surface area contributed by atoms with Gasteiger partial charge in [-0.2, -0.15) is 0 Å². The molecule has 1 aliphatic heterocycles. The van der Waals surface area contributed by atoms with Gasteiger partial charge in [0.05, 0.1) is 0 Å². The molecule has 0 saturated heterocycles. The Labute approximate surface area is 108 Å². The first-order chi connectivity index (χ1) is 9.15. The predicted molar refractivity (Wildman–Crippen MR) is 69.3 cm³/mol. The summed E-state index contributed by atoms with van der Waals surface area (Å²) in [5, 5.41) is 0. The Morgan fingerprint density at radius 3 is 2.95 bits per heavy atom. The Morgan fingerprint density at radius 1 is 1.37 bits per heavy atom. The number of esters is 1. The van der Waals surface area contributed by atoms with Gasteiger partial charge in [0.15, 0.2) is 0 Å². The number of hydrogen-bond acceptors (Lipinski definition) is 4. The summed E-state index contributed by atoms with van der Waals surface area (Å²) in [6.45, 7) is 1.76. The maximum absolute atomic E-state index is 11.7. The molecule has 0 unspecified atom stereocenters. The van der Waals surface area contributed by atoms with Gasteiger partial charge in [-0.1, -0.05) is 6.07 Å². The number of ether oxygens (including phenoxy) is 1. The SMILES string of the molecule is Cc1cc2c(c(=O)[nH]1)C(=O)OC2=Cc1cccnc1. The van der Waals surface area contributed by atoms with Crippen molar-refractivity contribution in [2.24, 2.45) is 0 Å². The van der Waals surface area contributed by atoms with Crippen LogP contribution in [0.1, 0.15) is 27.2 Å². The monoisotopic (exact) mass is 254 g/mol. The first-order valence-electron chi connectivity index (χ1n) is 5.73. The number of cyclic esters (lactones) is 1. The largest absolute Gasteiger partial charge is 0.422 e. The summed E-state index contributed by atoms with van der Waals surface area (Å²) in [5.74, 6) is -0.242. The Bertz CT molecular complexity index is 745. The van der Waals surface area contributed by atoms with Gasteiger partial charge in [-0.15, -0.1) is 0 Å². The normalized spacial score (nSPS) is 15.4. The molecule has 1 aliphatic rings. The molecule has 0 bridgehead atoms. The highest BCUT2D eigenvalue weighted by Crippen LogP contribution is 2.29. The molecule has 5 nitrogen and oxygen atoms in total. The number of nitrogens with zero attached hydrogens (tertiary/aromatic N) is 1. The number of rotatable bonds is 1. The van der Waals surface area contributed by atoms with E-state index in [4.69, 9.17) is 4.74 Å². The number of nitrogens with one attached hydrogen (secondary N) is 1. The van der Waals surface area contributed by atoms with Gasteiger partial charge in [-0.25, -0.2) is 4.79 Å². The second-order valence-corrected chi connectivity index (χ2v) is 4.25.